The van der Waals surface area contributed by atoms with Gasteiger partial charge in [-0.15, -0.1) is 0 Å². The number of hydrogen-bond donors (Lipinski definition) is 0. The quantitative estimate of drug-likeness (QED) is 0.726. The van der Waals surface area contributed by atoms with Gasteiger partial charge in [0.1, 0.15) is 5.78 Å². The van der Waals surface area contributed by atoms with Gasteiger partial charge in [-0.25, -0.2) is 0 Å². The topological polar surface area (TPSA) is 28.5 Å². The number of carbonyl (C=O) groups excluding carboxylic acids is 1. The van der Waals surface area contributed by atoms with Gasteiger partial charge in [-0.1, -0.05) is 50.3 Å². The Balaban J connectivity index is 1.58. The minimum atomic E-state index is -0.218. The SMILES string of the molecule is CC=CC(=CC)Cn1cc(C2N3CC4(C)CN2CC(C)(C3)C4=O)c2ccccc21. The van der Waals surface area contributed by atoms with E-state index in [9.17, 15) is 4.79 Å². The maximum Gasteiger partial charge on any atom is 0.149 e. The molecule has 0 spiro atoms. The van der Waals surface area contributed by atoms with Gasteiger partial charge in [-0.3, -0.25) is 14.6 Å². The molecule has 6 rings (SSSR count). The third kappa shape index (κ3) is 2.69. The van der Waals surface area contributed by atoms with Gasteiger partial charge in [0.05, 0.1) is 17.0 Å². The van der Waals surface area contributed by atoms with Crippen molar-refractivity contribution in [3.63, 3.8) is 0 Å². The molecular weight excluding hydrogens is 358 g/mol. The monoisotopic (exact) mass is 389 g/mol. The highest BCUT2D eigenvalue weighted by molar-refractivity contribution is 5.93. The summed E-state index contributed by atoms with van der Waals surface area (Å²) in [5.41, 5.74) is 3.55. The number of Topliss-reactive ketones (excluding diaryl/α,β-unsaturated/α-hetero) is 1. The van der Waals surface area contributed by atoms with E-state index in [1.807, 2.05) is 0 Å². The summed E-state index contributed by atoms with van der Waals surface area (Å²) in [6.07, 6.45) is 9.12. The number of rotatable bonds is 4. The summed E-state index contributed by atoms with van der Waals surface area (Å²) in [5, 5.41) is 1.34. The molecule has 1 aromatic carbocycles. The molecule has 4 fully saturated rings. The number of benzene rings is 1. The van der Waals surface area contributed by atoms with Crippen LogP contribution in [0.15, 0.2) is 54.3 Å². The van der Waals surface area contributed by atoms with Crippen LogP contribution in [-0.2, 0) is 11.3 Å². The molecule has 0 N–H and O–H groups in total. The second-order valence-electron chi connectivity index (χ2n) is 9.73. The number of fused-ring (bicyclic) bond motifs is 1. The smallest absolute Gasteiger partial charge is 0.149 e. The van der Waals surface area contributed by atoms with Crippen molar-refractivity contribution in [2.45, 2.75) is 40.4 Å². The number of para-hydroxylation sites is 1. The molecule has 4 saturated heterocycles. The lowest BCUT2D eigenvalue weighted by atomic mass is 9.62. The molecule has 4 nitrogen and oxygen atoms in total. The van der Waals surface area contributed by atoms with E-state index in [4.69, 9.17) is 0 Å². The molecule has 0 radical (unpaired) electrons. The first-order valence-corrected chi connectivity index (χ1v) is 10.8. The van der Waals surface area contributed by atoms with Crippen molar-refractivity contribution < 1.29 is 4.79 Å². The van der Waals surface area contributed by atoms with Crippen molar-refractivity contribution in [3.8, 4) is 0 Å². The highest BCUT2D eigenvalue weighted by atomic mass is 16.1. The average Bonchev–Trinajstić information content (AvgIpc) is 3.03. The van der Waals surface area contributed by atoms with E-state index in [0.29, 0.717) is 5.78 Å². The minimum Gasteiger partial charge on any atom is -0.343 e. The zero-order valence-corrected chi connectivity index (χ0v) is 18.0. The van der Waals surface area contributed by atoms with E-state index in [1.165, 1.54) is 22.0 Å². The fourth-order valence-electron chi connectivity index (χ4n) is 6.25. The van der Waals surface area contributed by atoms with Crippen LogP contribution in [0.3, 0.4) is 0 Å². The molecule has 4 aliphatic rings. The van der Waals surface area contributed by atoms with Crippen molar-refractivity contribution in [1.29, 1.82) is 0 Å². The first kappa shape index (κ1) is 18.8. The predicted molar refractivity (Wildman–Crippen MR) is 118 cm³/mol. The molecule has 152 valence electrons. The van der Waals surface area contributed by atoms with E-state index in [-0.39, 0.29) is 17.0 Å². The van der Waals surface area contributed by atoms with Crippen LogP contribution in [0.1, 0.15) is 39.4 Å². The second kappa shape index (κ2) is 6.41. The molecule has 4 heteroatoms. The van der Waals surface area contributed by atoms with Crippen LogP contribution in [0.25, 0.3) is 10.9 Å². The molecule has 5 heterocycles. The Hall–Kier alpha value is -2.17. The molecule has 1 aromatic heterocycles. The predicted octanol–water partition coefficient (Wildman–Crippen LogP) is 4.39. The largest absolute Gasteiger partial charge is 0.343 e. The number of carbonyl (C=O) groups is 1. The van der Waals surface area contributed by atoms with Crippen LogP contribution in [0.2, 0.25) is 0 Å². The third-order valence-electron chi connectivity index (χ3n) is 7.20. The van der Waals surface area contributed by atoms with Crippen LogP contribution in [0, 0.1) is 10.8 Å². The molecule has 0 atom stereocenters. The normalized spacial score (nSPS) is 36.6. The van der Waals surface area contributed by atoms with E-state index in [1.54, 1.807) is 0 Å². The average molecular weight is 390 g/mol. The van der Waals surface area contributed by atoms with Crippen molar-refractivity contribution in [3.05, 3.63) is 59.8 Å². The number of piperidine rings is 2. The van der Waals surface area contributed by atoms with Crippen LogP contribution in [0.5, 0.6) is 0 Å². The van der Waals surface area contributed by atoms with Gasteiger partial charge < -0.3 is 4.57 Å². The lowest BCUT2D eigenvalue weighted by molar-refractivity contribution is -0.196. The van der Waals surface area contributed by atoms with Gasteiger partial charge in [-0.05, 0) is 25.5 Å². The summed E-state index contributed by atoms with van der Waals surface area (Å²) >= 11 is 0. The Morgan fingerprint density at radius 2 is 1.69 bits per heavy atom. The highest BCUT2D eigenvalue weighted by Crippen LogP contribution is 2.52. The summed E-state index contributed by atoms with van der Waals surface area (Å²) < 4.78 is 2.39. The number of nitrogens with zero attached hydrogens (tertiary/aromatic N) is 3. The zero-order chi connectivity index (χ0) is 20.4. The van der Waals surface area contributed by atoms with Crippen LogP contribution in [-0.4, -0.2) is 46.3 Å². The number of hydrogen-bond acceptors (Lipinski definition) is 3. The summed E-state index contributed by atoms with van der Waals surface area (Å²) in [4.78, 5) is 18.1. The van der Waals surface area contributed by atoms with Gasteiger partial charge in [0, 0.05) is 55.4 Å². The molecule has 29 heavy (non-hydrogen) atoms. The first-order valence-electron chi connectivity index (χ1n) is 10.8. The number of aromatic nitrogens is 1. The molecule has 0 amide bonds. The minimum absolute atomic E-state index is 0.218. The molecular formula is C25H31N3O. The van der Waals surface area contributed by atoms with E-state index >= 15 is 0 Å². The lowest BCUT2D eigenvalue weighted by Gasteiger charge is -2.64. The van der Waals surface area contributed by atoms with E-state index in [2.05, 4.69) is 90.8 Å². The number of ketones is 1. The summed E-state index contributed by atoms with van der Waals surface area (Å²) in [5.74, 6) is 0.474. The first-order chi connectivity index (χ1) is 13.9. The fraction of sp³-hybridized carbons (Fsp3) is 0.480. The van der Waals surface area contributed by atoms with Crippen LogP contribution < -0.4 is 0 Å². The Kier molecular flexibility index (Phi) is 4.17. The standard InChI is InChI=1S/C25H31N3O/c1-5-9-18(6-2)12-26-13-20(19-10-7-8-11-21(19)26)22-27-14-24(3)15-28(22)17-25(4,16-27)23(24)29/h5-11,13,22H,12,14-17H2,1-4H3. The van der Waals surface area contributed by atoms with E-state index in [0.717, 1.165) is 32.7 Å². The molecule has 0 aliphatic carbocycles. The van der Waals surface area contributed by atoms with Gasteiger partial charge in [0.15, 0.2) is 0 Å². The van der Waals surface area contributed by atoms with Crippen molar-refractivity contribution >= 4 is 16.7 Å². The van der Waals surface area contributed by atoms with Gasteiger partial charge in [0.2, 0.25) is 0 Å². The summed E-state index contributed by atoms with van der Waals surface area (Å²) in [6.45, 7) is 12.9. The Morgan fingerprint density at radius 1 is 1.07 bits per heavy atom. The van der Waals surface area contributed by atoms with Crippen molar-refractivity contribution in [1.82, 2.24) is 14.4 Å². The zero-order valence-electron chi connectivity index (χ0n) is 18.0. The lowest BCUT2D eigenvalue weighted by Crippen LogP contribution is -2.75. The molecule has 0 saturated carbocycles. The van der Waals surface area contributed by atoms with Crippen molar-refractivity contribution in [2.75, 3.05) is 26.2 Å². The van der Waals surface area contributed by atoms with Gasteiger partial charge >= 0.3 is 0 Å². The van der Waals surface area contributed by atoms with Gasteiger partial charge in [-0.2, -0.15) is 0 Å². The van der Waals surface area contributed by atoms with Crippen LogP contribution >= 0.6 is 0 Å². The Labute approximate surface area is 173 Å². The Bertz CT molecular complexity index is 1000. The molecule has 4 bridgehead atoms. The molecule has 2 aromatic rings. The summed E-state index contributed by atoms with van der Waals surface area (Å²) in [7, 11) is 0. The summed E-state index contributed by atoms with van der Waals surface area (Å²) in [6, 6.07) is 8.76. The molecule has 0 unspecified atom stereocenters. The highest BCUT2D eigenvalue weighted by Gasteiger charge is 2.62. The molecule has 4 aliphatic heterocycles. The van der Waals surface area contributed by atoms with Crippen LogP contribution in [0.4, 0.5) is 0 Å². The van der Waals surface area contributed by atoms with Crippen molar-refractivity contribution in [2.24, 2.45) is 10.8 Å². The van der Waals surface area contributed by atoms with Gasteiger partial charge in [0.25, 0.3) is 0 Å². The second-order valence-corrected chi connectivity index (χ2v) is 9.73. The third-order valence-corrected chi connectivity index (χ3v) is 7.20. The number of allylic oxidation sites excluding steroid dienone is 4. The maximum absolute atomic E-state index is 13.0. The maximum atomic E-state index is 13.0. The fourth-order valence-corrected chi connectivity index (χ4v) is 6.25. The Morgan fingerprint density at radius 3 is 2.28 bits per heavy atom. The van der Waals surface area contributed by atoms with E-state index < -0.39 is 0 Å².